The first kappa shape index (κ1) is 17.9. The third kappa shape index (κ3) is 11.0. The van der Waals surface area contributed by atoms with Crippen molar-refractivity contribution in [1.29, 1.82) is 0 Å². The van der Waals surface area contributed by atoms with Gasteiger partial charge in [-0.2, -0.15) is 0 Å². The normalized spacial score (nSPS) is 8.60. The van der Waals surface area contributed by atoms with E-state index in [9.17, 15) is 0 Å². The van der Waals surface area contributed by atoms with E-state index in [1.807, 2.05) is 72.8 Å². The highest BCUT2D eigenvalue weighted by atomic mass is 13.8. The fourth-order valence-corrected chi connectivity index (χ4v) is 1.18. The van der Waals surface area contributed by atoms with Gasteiger partial charge in [-0.15, -0.1) is 0 Å². The molecule has 2 aromatic rings. The van der Waals surface area contributed by atoms with Crippen molar-refractivity contribution in [3.8, 4) is 0 Å². The molecular formula is C20H26. The van der Waals surface area contributed by atoms with Crippen LogP contribution in [-0.4, -0.2) is 0 Å². The van der Waals surface area contributed by atoms with Crippen LogP contribution in [0.25, 0.3) is 12.2 Å². The van der Waals surface area contributed by atoms with Crippen molar-refractivity contribution in [2.45, 2.75) is 20.8 Å². The van der Waals surface area contributed by atoms with Crippen molar-refractivity contribution in [2.75, 3.05) is 0 Å². The van der Waals surface area contributed by atoms with Crippen LogP contribution in [0.4, 0.5) is 0 Å². The average Bonchev–Trinajstić information content (AvgIpc) is 2.49. The summed E-state index contributed by atoms with van der Waals surface area (Å²) in [5.74, 6) is 0.833. The maximum atomic E-state index is 3.63. The van der Waals surface area contributed by atoms with Crippen molar-refractivity contribution in [2.24, 2.45) is 5.92 Å². The van der Waals surface area contributed by atoms with Gasteiger partial charge >= 0.3 is 0 Å². The molecule has 0 nitrogen and oxygen atoms in total. The zero-order chi connectivity index (χ0) is 15.2. The topological polar surface area (TPSA) is 0 Å². The molecule has 0 unspecified atom stereocenters. The summed E-state index contributed by atoms with van der Waals surface area (Å²) in [5, 5.41) is 0. The van der Waals surface area contributed by atoms with E-state index in [2.05, 4.69) is 33.9 Å². The second kappa shape index (κ2) is 12.0. The molecule has 20 heavy (non-hydrogen) atoms. The average molecular weight is 266 g/mol. The van der Waals surface area contributed by atoms with E-state index in [0.717, 1.165) is 5.92 Å². The summed E-state index contributed by atoms with van der Waals surface area (Å²) in [4.78, 5) is 0. The molecule has 0 bridgehead atoms. The molecular weight excluding hydrogens is 240 g/mol. The lowest BCUT2D eigenvalue weighted by Gasteiger charge is -1.85. The van der Waals surface area contributed by atoms with E-state index in [4.69, 9.17) is 0 Å². The molecule has 0 radical (unpaired) electrons. The Morgan fingerprint density at radius 2 is 0.900 bits per heavy atom. The zero-order valence-electron chi connectivity index (χ0n) is 12.9. The van der Waals surface area contributed by atoms with E-state index in [1.165, 1.54) is 11.1 Å². The van der Waals surface area contributed by atoms with Gasteiger partial charge in [-0.05, 0) is 17.0 Å². The maximum Gasteiger partial charge on any atom is -0.0263 e. The van der Waals surface area contributed by atoms with Gasteiger partial charge < -0.3 is 0 Å². The lowest BCUT2D eigenvalue weighted by Crippen LogP contribution is -1.66. The van der Waals surface area contributed by atoms with E-state index in [0.29, 0.717) is 0 Å². The lowest BCUT2D eigenvalue weighted by atomic mass is 10.2. The van der Waals surface area contributed by atoms with Crippen molar-refractivity contribution < 1.29 is 0 Å². The summed E-state index contributed by atoms with van der Waals surface area (Å²) in [7, 11) is 0. The SMILES string of the molecule is C=Cc1ccccc1.C=Cc1ccccc1.CC(C)C. The molecule has 0 amide bonds. The van der Waals surface area contributed by atoms with Gasteiger partial charge in [0.1, 0.15) is 0 Å². The minimum absolute atomic E-state index is 0.833. The van der Waals surface area contributed by atoms with Gasteiger partial charge in [-0.1, -0.05) is 107 Å². The first-order valence-electron chi connectivity index (χ1n) is 6.95. The Labute approximate surface area is 124 Å². The molecule has 2 aromatic carbocycles. The molecule has 0 aliphatic rings. The molecule has 2 rings (SSSR count). The zero-order valence-corrected chi connectivity index (χ0v) is 12.9. The molecule has 106 valence electrons. The minimum atomic E-state index is 0.833. The number of benzene rings is 2. The van der Waals surface area contributed by atoms with E-state index < -0.39 is 0 Å². The molecule has 0 fully saturated rings. The lowest BCUT2D eigenvalue weighted by molar-refractivity contribution is 0.737. The molecule has 0 heterocycles. The van der Waals surface area contributed by atoms with Crippen LogP contribution in [0.2, 0.25) is 0 Å². The van der Waals surface area contributed by atoms with Gasteiger partial charge in [0, 0.05) is 0 Å². The van der Waals surface area contributed by atoms with Crippen molar-refractivity contribution in [1.82, 2.24) is 0 Å². The largest absolute Gasteiger partial charge is 0.0985 e. The highest BCUT2D eigenvalue weighted by Crippen LogP contribution is 1.98. The Morgan fingerprint density at radius 3 is 1.05 bits per heavy atom. The van der Waals surface area contributed by atoms with Crippen molar-refractivity contribution in [3.63, 3.8) is 0 Å². The minimum Gasteiger partial charge on any atom is -0.0985 e. The molecule has 0 saturated heterocycles. The monoisotopic (exact) mass is 266 g/mol. The number of rotatable bonds is 2. The predicted octanol–water partition coefficient (Wildman–Crippen LogP) is 6.32. The molecule has 0 aromatic heterocycles. The summed E-state index contributed by atoms with van der Waals surface area (Å²) in [6, 6.07) is 20.1. The Balaban J connectivity index is 0.000000289. The Morgan fingerprint density at radius 1 is 0.650 bits per heavy atom. The van der Waals surface area contributed by atoms with Crippen molar-refractivity contribution >= 4 is 12.2 Å². The fourth-order valence-electron chi connectivity index (χ4n) is 1.18. The highest BCUT2D eigenvalue weighted by molar-refractivity contribution is 5.46. The third-order valence-electron chi connectivity index (χ3n) is 2.07. The van der Waals surface area contributed by atoms with Gasteiger partial charge in [0.15, 0.2) is 0 Å². The van der Waals surface area contributed by atoms with Crippen LogP contribution in [0.1, 0.15) is 31.9 Å². The molecule has 0 saturated carbocycles. The van der Waals surface area contributed by atoms with Crippen LogP contribution in [0, 0.1) is 5.92 Å². The number of hydrogen-bond acceptors (Lipinski definition) is 0. The summed E-state index contributed by atoms with van der Waals surface area (Å²) in [5.41, 5.74) is 2.35. The molecule has 0 heteroatoms. The quantitative estimate of drug-likeness (QED) is 0.596. The van der Waals surface area contributed by atoms with Crippen LogP contribution in [0.3, 0.4) is 0 Å². The van der Waals surface area contributed by atoms with Crippen LogP contribution in [0.5, 0.6) is 0 Å². The second-order valence-electron chi connectivity index (χ2n) is 4.96. The van der Waals surface area contributed by atoms with Crippen LogP contribution < -0.4 is 0 Å². The Hall–Kier alpha value is -2.08. The van der Waals surface area contributed by atoms with Crippen molar-refractivity contribution in [3.05, 3.63) is 84.9 Å². The first-order chi connectivity index (χ1) is 9.60. The summed E-state index contributed by atoms with van der Waals surface area (Å²) in [6.07, 6.45) is 3.67. The van der Waals surface area contributed by atoms with Gasteiger partial charge in [-0.25, -0.2) is 0 Å². The van der Waals surface area contributed by atoms with Gasteiger partial charge in [0.25, 0.3) is 0 Å². The van der Waals surface area contributed by atoms with Crippen LogP contribution in [-0.2, 0) is 0 Å². The molecule has 0 aliphatic carbocycles. The van der Waals surface area contributed by atoms with Crippen LogP contribution in [0.15, 0.2) is 73.8 Å². The van der Waals surface area contributed by atoms with Gasteiger partial charge in [-0.3, -0.25) is 0 Å². The standard InChI is InChI=1S/2C8H8.C4H10/c2*1-2-8-6-4-3-5-7-8;1-4(2)3/h2*2-7H,1H2;4H,1-3H3. The van der Waals surface area contributed by atoms with E-state index in [1.54, 1.807) is 0 Å². The number of hydrogen-bond donors (Lipinski definition) is 0. The van der Waals surface area contributed by atoms with Gasteiger partial charge in [0.2, 0.25) is 0 Å². The predicted molar refractivity (Wildman–Crippen MR) is 93.6 cm³/mol. The molecule has 0 N–H and O–H groups in total. The van der Waals surface area contributed by atoms with Gasteiger partial charge in [0.05, 0.1) is 0 Å². The summed E-state index contributed by atoms with van der Waals surface area (Å²) in [6.45, 7) is 13.8. The van der Waals surface area contributed by atoms with E-state index >= 15 is 0 Å². The molecule has 0 aliphatic heterocycles. The second-order valence-corrected chi connectivity index (χ2v) is 4.96. The summed E-state index contributed by atoms with van der Waals surface area (Å²) < 4.78 is 0. The maximum absolute atomic E-state index is 3.63. The summed E-state index contributed by atoms with van der Waals surface area (Å²) >= 11 is 0. The molecule has 0 atom stereocenters. The highest BCUT2D eigenvalue weighted by Gasteiger charge is 1.76. The Kier molecular flexibility index (Phi) is 10.7. The fraction of sp³-hybridized carbons (Fsp3) is 0.200. The van der Waals surface area contributed by atoms with Crippen LogP contribution >= 0.6 is 0 Å². The first-order valence-corrected chi connectivity index (χ1v) is 6.95. The van der Waals surface area contributed by atoms with E-state index in [-0.39, 0.29) is 0 Å². The Bertz CT molecular complexity index is 406. The third-order valence-corrected chi connectivity index (χ3v) is 2.07. The molecule has 0 spiro atoms. The smallest absolute Gasteiger partial charge is 0.0263 e.